The quantitative estimate of drug-likeness (QED) is 0.370. The third-order valence-corrected chi connectivity index (χ3v) is 7.22. The summed E-state index contributed by atoms with van der Waals surface area (Å²) in [5, 5.41) is 9.73. The molecule has 5 rings (SSSR count). The van der Waals surface area contributed by atoms with Crippen LogP contribution in [0.25, 0.3) is 22.3 Å². The Labute approximate surface area is 176 Å². The number of fused-ring (bicyclic) bond motifs is 2. The number of rotatable bonds is 4. The molecule has 0 spiro atoms. The zero-order valence-corrected chi connectivity index (χ0v) is 16.9. The molecule has 1 amide bonds. The predicted molar refractivity (Wildman–Crippen MR) is 108 cm³/mol. The van der Waals surface area contributed by atoms with Crippen molar-refractivity contribution < 1.29 is 27.3 Å². The molecule has 0 saturated carbocycles. The minimum absolute atomic E-state index is 0.00724. The highest BCUT2D eigenvalue weighted by Crippen LogP contribution is 2.33. The fraction of sp³-hybridized carbons (Fsp3) is 0.143. The molecule has 1 aliphatic heterocycles. The van der Waals surface area contributed by atoms with Gasteiger partial charge in [-0.25, -0.2) is 13.9 Å². The van der Waals surface area contributed by atoms with E-state index in [1.165, 1.54) is 18.4 Å². The Morgan fingerprint density at radius 2 is 1.97 bits per heavy atom. The Bertz CT molecular complexity index is 1380. The van der Waals surface area contributed by atoms with Crippen molar-refractivity contribution in [1.82, 2.24) is 14.8 Å². The van der Waals surface area contributed by atoms with E-state index < -0.39 is 22.0 Å². The van der Waals surface area contributed by atoms with Crippen LogP contribution in [-0.4, -0.2) is 34.9 Å². The van der Waals surface area contributed by atoms with Crippen LogP contribution < -0.4 is 5.48 Å². The molecule has 10 heteroatoms. The number of pyridine rings is 1. The molecule has 0 radical (unpaired) electrons. The van der Waals surface area contributed by atoms with Crippen LogP contribution in [0, 0.1) is 0 Å². The summed E-state index contributed by atoms with van der Waals surface area (Å²) in [5.74, 6) is 0.248. The van der Waals surface area contributed by atoms with Crippen LogP contribution in [0.15, 0.2) is 74.9 Å². The molecule has 3 aromatic heterocycles. The number of aromatic nitrogens is 1. The lowest BCUT2D eigenvalue weighted by Crippen LogP contribution is -2.51. The Hall–Kier alpha value is -3.47. The SMILES string of the molecule is O=C(NO)[C@H]1Cc2ccoc2CN1S(=O)(=O)c1ccc2oc(-c3ccncc3)cc2c1. The van der Waals surface area contributed by atoms with E-state index in [1.807, 2.05) is 0 Å². The first-order chi connectivity index (χ1) is 15.0. The van der Waals surface area contributed by atoms with Crippen LogP contribution in [0.5, 0.6) is 0 Å². The lowest BCUT2D eigenvalue weighted by atomic mass is 10.0. The van der Waals surface area contributed by atoms with Gasteiger partial charge in [0.1, 0.15) is 23.1 Å². The average Bonchev–Trinajstić information content (AvgIpc) is 3.44. The third kappa shape index (κ3) is 3.30. The molecule has 4 heterocycles. The molecule has 1 aliphatic rings. The van der Waals surface area contributed by atoms with E-state index >= 15 is 0 Å². The van der Waals surface area contributed by atoms with Gasteiger partial charge in [-0.3, -0.25) is 15.0 Å². The van der Waals surface area contributed by atoms with Crippen LogP contribution in [0.3, 0.4) is 0 Å². The van der Waals surface area contributed by atoms with E-state index in [-0.39, 0.29) is 17.9 Å². The molecule has 1 aromatic carbocycles. The van der Waals surface area contributed by atoms with Crippen molar-refractivity contribution in [2.45, 2.75) is 23.9 Å². The van der Waals surface area contributed by atoms with Gasteiger partial charge < -0.3 is 8.83 Å². The summed E-state index contributed by atoms with van der Waals surface area (Å²) in [7, 11) is -4.08. The molecular formula is C21H17N3O6S. The van der Waals surface area contributed by atoms with E-state index in [0.29, 0.717) is 22.5 Å². The second-order valence-electron chi connectivity index (χ2n) is 7.16. The highest BCUT2D eigenvalue weighted by molar-refractivity contribution is 7.89. The van der Waals surface area contributed by atoms with Crippen LogP contribution >= 0.6 is 0 Å². The molecule has 1 atom stereocenters. The first kappa shape index (κ1) is 19.5. The minimum Gasteiger partial charge on any atom is -0.468 e. The van der Waals surface area contributed by atoms with Gasteiger partial charge in [0.2, 0.25) is 10.0 Å². The molecule has 0 bridgehead atoms. The van der Waals surface area contributed by atoms with Crippen LogP contribution in [0.1, 0.15) is 11.3 Å². The summed E-state index contributed by atoms with van der Waals surface area (Å²) in [6, 6.07) is 10.4. The average molecular weight is 439 g/mol. The number of carbonyl (C=O) groups excluding carboxylic acids is 1. The molecule has 31 heavy (non-hydrogen) atoms. The number of sulfonamides is 1. The van der Waals surface area contributed by atoms with Gasteiger partial charge in [-0.05, 0) is 48.0 Å². The summed E-state index contributed by atoms with van der Waals surface area (Å²) >= 11 is 0. The Morgan fingerprint density at radius 3 is 2.74 bits per heavy atom. The topological polar surface area (TPSA) is 126 Å². The lowest BCUT2D eigenvalue weighted by molar-refractivity contribution is -0.133. The second-order valence-corrected chi connectivity index (χ2v) is 9.05. The third-order valence-electron chi connectivity index (χ3n) is 5.37. The molecule has 0 fully saturated rings. The summed E-state index contributed by atoms with van der Waals surface area (Å²) in [4.78, 5) is 16.2. The summed E-state index contributed by atoms with van der Waals surface area (Å²) < 4.78 is 39.2. The van der Waals surface area contributed by atoms with Crippen LogP contribution in [-0.2, 0) is 27.8 Å². The largest absolute Gasteiger partial charge is 0.468 e. The van der Waals surface area contributed by atoms with Crippen molar-refractivity contribution in [3.05, 3.63) is 72.4 Å². The van der Waals surface area contributed by atoms with Gasteiger partial charge in [0, 0.05) is 29.8 Å². The fourth-order valence-corrected chi connectivity index (χ4v) is 5.35. The van der Waals surface area contributed by atoms with E-state index in [1.54, 1.807) is 48.2 Å². The van der Waals surface area contributed by atoms with Crippen molar-refractivity contribution in [2.24, 2.45) is 0 Å². The highest BCUT2D eigenvalue weighted by Gasteiger charge is 2.41. The number of carbonyl (C=O) groups is 1. The van der Waals surface area contributed by atoms with Gasteiger partial charge in [0.25, 0.3) is 5.91 Å². The fourth-order valence-electron chi connectivity index (χ4n) is 3.78. The monoisotopic (exact) mass is 439 g/mol. The Balaban J connectivity index is 1.55. The maximum atomic E-state index is 13.5. The number of hydrogen-bond donors (Lipinski definition) is 2. The Morgan fingerprint density at radius 1 is 1.16 bits per heavy atom. The van der Waals surface area contributed by atoms with E-state index in [9.17, 15) is 13.2 Å². The molecule has 0 aliphatic carbocycles. The smallest absolute Gasteiger partial charge is 0.262 e. The zero-order chi connectivity index (χ0) is 21.6. The predicted octanol–water partition coefficient (Wildman–Crippen LogP) is 2.71. The number of hydroxylamine groups is 1. The summed E-state index contributed by atoms with van der Waals surface area (Å²) in [5.41, 5.74) is 3.64. The van der Waals surface area contributed by atoms with Crippen molar-refractivity contribution in [1.29, 1.82) is 0 Å². The van der Waals surface area contributed by atoms with E-state index in [2.05, 4.69) is 4.98 Å². The molecule has 0 unspecified atom stereocenters. The van der Waals surface area contributed by atoms with Crippen molar-refractivity contribution in [2.75, 3.05) is 0 Å². The van der Waals surface area contributed by atoms with E-state index in [0.717, 1.165) is 15.4 Å². The van der Waals surface area contributed by atoms with Gasteiger partial charge in [0.05, 0.1) is 17.7 Å². The van der Waals surface area contributed by atoms with Gasteiger partial charge in [-0.15, -0.1) is 0 Å². The molecule has 2 N–H and O–H groups in total. The number of nitrogens with zero attached hydrogens (tertiary/aromatic N) is 2. The molecule has 9 nitrogen and oxygen atoms in total. The number of nitrogens with one attached hydrogen (secondary N) is 1. The summed E-state index contributed by atoms with van der Waals surface area (Å²) in [6.45, 7) is -0.117. The van der Waals surface area contributed by atoms with Crippen molar-refractivity contribution in [3.63, 3.8) is 0 Å². The van der Waals surface area contributed by atoms with Gasteiger partial charge in [-0.1, -0.05) is 0 Å². The molecule has 4 aromatic rings. The molecule has 158 valence electrons. The van der Waals surface area contributed by atoms with Crippen molar-refractivity contribution in [3.8, 4) is 11.3 Å². The number of hydrogen-bond acceptors (Lipinski definition) is 7. The van der Waals surface area contributed by atoms with Gasteiger partial charge >= 0.3 is 0 Å². The Kier molecular flexibility index (Phi) is 4.62. The summed E-state index contributed by atoms with van der Waals surface area (Å²) in [6.07, 6.45) is 4.83. The number of amides is 1. The van der Waals surface area contributed by atoms with Crippen LogP contribution in [0.2, 0.25) is 0 Å². The second kappa shape index (κ2) is 7.34. The van der Waals surface area contributed by atoms with E-state index in [4.69, 9.17) is 14.0 Å². The molecular weight excluding hydrogens is 422 g/mol. The standard InChI is InChI=1S/C21H17N3O6S/c25-21(23-26)17-10-14-5-8-29-20(14)12-24(17)31(27,28)16-1-2-18-15(9-16)11-19(30-18)13-3-6-22-7-4-13/h1-9,11,17,26H,10,12H2,(H,23,25)/t17-/m1/s1. The maximum Gasteiger partial charge on any atom is 0.262 e. The van der Waals surface area contributed by atoms with Crippen molar-refractivity contribution >= 4 is 26.9 Å². The van der Waals surface area contributed by atoms with Gasteiger partial charge in [-0.2, -0.15) is 4.31 Å². The van der Waals surface area contributed by atoms with Gasteiger partial charge in [0.15, 0.2) is 0 Å². The zero-order valence-electron chi connectivity index (χ0n) is 16.1. The maximum absolute atomic E-state index is 13.5. The highest BCUT2D eigenvalue weighted by atomic mass is 32.2. The first-order valence-electron chi connectivity index (χ1n) is 9.42. The lowest BCUT2D eigenvalue weighted by Gasteiger charge is -2.32. The number of benzene rings is 1. The number of furan rings is 2. The first-order valence-corrected chi connectivity index (χ1v) is 10.9. The normalized spacial score (nSPS) is 16.9. The minimum atomic E-state index is -4.08. The van der Waals surface area contributed by atoms with Crippen LogP contribution in [0.4, 0.5) is 0 Å². The molecule has 0 saturated heterocycles.